The smallest absolute Gasteiger partial charge is 0.187 e. The van der Waals surface area contributed by atoms with Crippen molar-refractivity contribution in [1.82, 2.24) is 9.38 Å². The Kier molecular flexibility index (Phi) is 4.23. The van der Waals surface area contributed by atoms with Crippen LogP contribution in [0.2, 0.25) is 0 Å². The second-order valence-corrected chi connectivity index (χ2v) is 6.36. The fourth-order valence-electron chi connectivity index (χ4n) is 3.10. The lowest BCUT2D eigenvalue weighted by molar-refractivity contribution is 1.10. The van der Waals surface area contributed by atoms with Crippen molar-refractivity contribution in [2.45, 2.75) is 13.8 Å². The van der Waals surface area contributed by atoms with E-state index in [2.05, 4.69) is 48.3 Å². The van der Waals surface area contributed by atoms with Crippen LogP contribution in [0.4, 0.5) is 11.5 Å². The molecule has 0 saturated carbocycles. The van der Waals surface area contributed by atoms with Crippen LogP contribution in [0.25, 0.3) is 16.9 Å². The summed E-state index contributed by atoms with van der Waals surface area (Å²) in [5, 5.41) is 18.1. The number of rotatable bonds is 3. The molecule has 2 aromatic carbocycles. The predicted octanol–water partition coefficient (Wildman–Crippen LogP) is 5.91. The first-order chi connectivity index (χ1) is 13.2. The van der Waals surface area contributed by atoms with E-state index in [0.29, 0.717) is 17.1 Å². The van der Waals surface area contributed by atoms with E-state index in [-0.39, 0.29) is 0 Å². The normalized spacial score (nSPS) is 11.1. The molecule has 0 bridgehead atoms. The van der Waals surface area contributed by atoms with Gasteiger partial charge >= 0.3 is 0 Å². The molecule has 0 aliphatic carbocycles. The molecular formula is C22H17N5. The molecule has 0 aliphatic heterocycles. The number of nitriles is 1. The van der Waals surface area contributed by atoms with Crippen molar-refractivity contribution in [1.29, 1.82) is 5.26 Å². The maximum Gasteiger partial charge on any atom is 0.187 e. The van der Waals surface area contributed by atoms with Gasteiger partial charge in [-0.05, 0) is 43.7 Å². The van der Waals surface area contributed by atoms with E-state index in [1.54, 1.807) is 12.1 Å². The van der Waals surface area contributed by atoms with Gasteiger partial charge in [-0.25, -0.2) is 4.98 Å². The highest BCUT2D eigenvalue weighted by Crippen LogP contribution is 2.34. The summed E-state index contributed by atoms with van der Waals surface area (Å²) >= 11 is 0. The van der Waals surface area contributed by atoms with Crippen LogP contribution < -0.4 is 0 Å². The van der Waals surface area contributed by atoms with Crippen LogP contribution in [0.15, 0.2) is 77.1 Å². The zero-order chi connectivity index (χ0) is 18.8. The number of benzene rings is 2. The average Bonchev–Trinajstić information content (AvgIpc) is 3.05. The molecule has 0 atom stereocenters. The summed E-state index contributed by atoms with van der Waals surface area (Å²) in [6.07, 6.45) is 1.92. The van der Waals surface area contributed by atoms with Gasteiger partial charge in [-0.2, -0.15) is 5.26 Å². The number of azo groups is 1. The fourth-order valence-corrected chi connectivity index (χ4v) is 3.10. The Balaban J connectivity index is 1.91. The lowest BCUT2D eigenvalue weighted by Crippen LogP contribution is -1.86. The van der Waals surface area contributed by atoms with Crippen molar-refractivity contribution in [3.05, 3.63) is 83.6 Å². The molecule has 0 saturated heterocycles. The highest BCUT2D eigenvalue weighted by Gasteiger charge is 2.15. The van der Waals surface area contributed by atoms with Gasteiger partial charge in [0, 0.05) is 11.8 Å². The Labute approximate surface area is 157 Å². The predicted molar refractivity (Wildman–Crippen MR) is 105 cm³/mol. The first-order valence-electron chi connectivity index (χ1n) is 8.63. The van der Waals surface area contributed by atoms with Gasteiger partial charge in [-0.1, -0.05) is 42.0 Å². The highest BCUT2D eigenvalue weighted by molar-refractivity contribution is 5.76. The third-order valence-electron chi connectivity index (χ3n) is 4.42. The van der Waals surface area contributed by atoms with Crippen molar-refractivity contribution in [3.8, 4) is 17.3 Å². The molecule has 0 N–H and O–H groups in total. The number of nitrogens with zero attached hydrogens (tertiary/aromatic N) is 5. The van der Waals surface area contributed by atoms with Gasteiger partial charge in [-0.15, -0.1) is 10.2 Å². The minimum Gasteiger partial charge on any atom is -0.283 e. The van der Waals surface area contributed by atoms with Crippen LogP contribution in [0, 0.1) is 25.2 Å². The van der Waals surface area contributed by atoms with E-state index in [4.69, 9.17) is 4.98 Å². The molecule has 0 unspecified atom stereocenters. The van der Waals surface area contributed by atoms with Gasteiger partial charge in [0.25, 0.3) is 0 Å². The standard InChI is InChI=1S/C22H17N5/c1-15-10-11-18(16(2)13-15)21-22(27-12-6-5-9-20(27)24-21)26-25-19-8-4-3-7-17(19)14-23/h3-13H,1-2H3. The van der Waals surface area contributed by atoms with E-state index in [1.165, 1.54) is 5.56 Å². The fraction of sp³-hybridized carbons (Fsp3) is 0.0909. The molecule has 130 valence electrons. The third kappa shape index (κ3) is 3.09. The largest absolute Gasteiger partial charge is 0.283 e. The average molecular weight is 351 g/mol. The molecule has 2 heterocycles. The first-order valence-corrected chi connectivity index (χ1v) is 8.63. The molecule has 5 nitrogen and oxygen atoms in total. The summed E-state index contributed by atoms with van der Waals surface area (Å²) in [5.74, 6) is 0.644. The molecule has 4 aromatic rings. The van der Waals surface area contributed by atoms with E-state index < -0.39 is 0 Å². The third-order valence-corrected chi connectivity index (χ3v) is 4.42. The maximum atomic E-state index is 9.27. The number of fused-ring (bicyclic) bond motifs is 1. The molecule has 5 heteroatoms. The quantitative estimate of drug-likeness (QED) is 0.431. The van der Waals surface area contributed by atoms with Crippen LogP contribution in [-0.4, -0.2) is 9.38 Å². The molecule has 0 aliphatic rings. The van der Waals surface area contributed by atoms with E-state index in [9.17, 15) is 5.26 Å². The molecule has 2 aromatic heterocycles. The van der Waals surface area contributed by atoms with E-state index >= 15 is 0 Å². The maximum absolute atomic E-state index is 9.27. The van der Waals surface area contributed by atoms with Gasteiger partial charge in [0.1, 0.15) is 23.1 Å². The zero-order valence-corrected chi connectivity index (χ0v) is 15.1. The monoisotopic (exact) mass is 351 g/mol. The summed E-state index contributed by atoms with van der Waals surface area (Å²) in [4.78, 5) is 4.77. The second-order valence-electron chi connectivity index (χ2n) is 6.36. The van der Waals surface area contributed by atoms with Crippen LogP contribution in [-0.2, 0) is 0 Å². The molecule has 0 spiro atoms. The Bertz CT molecular complexity index is 1210. The van der Waals surface area contributed by atoms with Crippen molar-refractivity contribution in [2.75, 3.05) is 0 Å². The zero-order valence-electron chi connectivity index (χ0n) is 15.1. The first kappa shape index (κ1) is 16.7. The van der Waals surface area contributed by atoms with Gasteiger partial charge in [0.2, 0.25) is 0 Å². The second kappa shape index (κ2) is 6.85. The topological polar surface area (TPSA) is 65.8 Å². The molecule has 0 amide bonds. The molecular weight excluding hydrogens is 334 g/mol. The molecule has 0 radical (unpaired) electrons. The minimum atomic E-state index is 0.489. The Morgan fingerprint density at radius 2 is 1.78 bits per heavy atom. The summed E-state index contributed by atoms with van der Waals surface area (Å²) in [5.41, 5.74) is 5.96. The Morgan fingerprint density at radius 1 is 0.963 bits per heavy atom. The Morgan fingerprint density at radius 3 is 2.59 bits per heavy atom. The van der Waals surface area contributed by atoms with Gasteiger partial charge in [-0.3, -0.25) is 4.40 Å². The van der Waals surface area contributed by atoms with Crippen LogP contribution in [0.1, 0.15) is 16.7 Å². The van der Waals surface area contributed by atoms with Gasteiger partial charge < -0.3 is 0 Å². The highest BCUT2D eigenvalue weighted by atomic mass is 15.2. The van der Waals surface area contributed by atoms with Crippen molar-refractivity contribution in [2.24, 2.45) is 10.2 Å². The molecule has 4 rings (SSSR count). The van der Waals surface area contributed by atoms with E-state index in [1.807, 2.05) is 40.9 Å². The van der Waals surface area contributed by atoms with Crippen molar-refractivity contribution < 1.29 is 0 Å². The molecule has 0 fully saturated rings. The van der Waals surface area contributed by atoms with Gasteiger partial charge in [0.05, 0.1) is 5.56 Å². The number of hydrogen-bond donors (Lipinski definition) is 0. The summed E-state index contributed by atoms with van der Waals surface area (Å²) in [6.45, 7) is 4.14. The van der Waals surface area contributed by atoms with Crippen LogP contribution in [0.3, 0.4) is 0 Å². The number of hydrogen-bond acceptors (Lipinski definition) is 4. The van der Waals surface area contributed by atoms with Crippen molar-refractivity contribution in [3.63, 3.8) is 0 Å². The summed E-state index contributed by atoms with van der Waals surface area (Å²) in [6, 6.07) is 21.4. The summed E-state index contributed by atoms with van der Waals surface area (Å²) in [7, 11) is 0. The lowest BCUT2D eigenvalue weighted by atomic mass is 10.0. The lowest BCUT2D eigenvalue weighted by Gasteiger charge is -2.05. The molecule has 27 heavy (non-hydrogen) atoms. The summed E-state index contributed by atoms with van der Waals surface area (Å²) < 4.78 is 1.91. The number of aromatic nitrogens is 2. The van der Waals surface area contributed by atoms with Gasteiger partial charge in [0.15, 0.2) is 5.82 Å². The van der Waals surface area contributed by atoms with E-state index in [0.717, 1.165) is 22.5 Å². The minimum absolute atomic E-state index is 0.489. The Hall–Kier alpha value is -3.78. The number of pyridine rings is 1. The van der Waals surface area contributed by atoms with Crippen LogP contribution in [0.5, 0.6) is 0 Å². The van der Waals surface area contributed by atoms with Crippen molar-refractivity contribution >= 4 is 17.2 Å². The van der Waals surface area contributed by atoms with Crippen LogP contribution >= 0.6 is 0 Å². The number of imidazole rings is 1. The number of aryl methyl sites for hydroxylation is 2. The SMILES string of the molecule is Cc1ccc(-c2nc3ccccn3c2N=Nc2ccccc2C#N)c(C)c1.